The summed E-state index contributed by atoms with van der Waals surface area (Å²) in [5, 5.41) is 8.75. The maximum atomic E-state index is 5.57. The molecular weight excluding hydrogens is 416 g/mol. The van der Waals surface area contributed by atoms with Gasteiger partial charge in [0, 0.05) is 31.3 Å². The minimum Gasteiger partial charge on any atom is -0.493 e. The second kappa shape index (κ2) is 8.10. The van der Waals surface area contributed by atoms with E-state index in [0.29, 0.717) is 11.5 Å². The molecule has 0 amide bonds. The Bertz CT molecular complexity index is 1300. The molecule has 171 valence electrons. The van der Waals surface area contributed by atoms with Gasteiger partial charge in [-0.25, -0.2) is 4.98 Å². The van der Waals surface area contributed by atoms with Crippen molar-refractivity contribution < 1.29 is 9.47 Å². The standard InChI is InChI=1S/C25H29N6O2/c1-6-29-20-16-23(33-5)22(32-4)15-18(20)28-24(29)25(3)10-7-13-30(25)21-14-17(2)8-9-19(21)31-26-11-12-27-31/h8,11-12,14-16H,6-7,10,13H2,1-5H3/t25-/m0/s1. The molecule has 8 heteroatoms. The van der Waals surface area contributed by atoms with Gasteiger partial charge in [-0.1, -0.05) is 0 Å². The first-order valence-electron chi connectivity index (χ1n) is 11.3. The molecule has 0 unspecified atom stereocenters. The van der Waals surface area contributed by atoms with Crippen LogP contribution in [0.1, 0.15) is 38.1 Å². The first kappa shape index (κ1) is 21.3. The Hall–Kier alpha value is -3.55. The number of anilines is 1. The lowest BCUT2D eigenvalue weighted by Crippen LogP contribution is -2.41. The zero-order valence-corrected chi connectivity index (χ0v) is 19.8. The molecule has 33 heavy (non-hydrogen) atoms. The molecule has 4 aromatic rings. The number of hydrogen-bond donors (Lipinski definition) is 0. The van der Waals surface area contributed by atoms with Gasteiger partial charge in [-0.3, -0.25) is 0 Å². The van der Waals surface area contributed by atoms with Crippen molar-refractivity contribution in [2.75, 3.05) is 25.7 Å². The monoisotopic (exact) mass is 445 g/mol. The number of benzene rings is 2. The lowest BCUT2D eigenvalue weighted by molar-refractivity contribution is 0.355. The van der Waals surface area contributed by atoms with Crippen molar-refractivity contribution in [3.63, 3.8) is 0 Å². The molecule has 1 fully saturated rings. The highest BCUT2D eigenvalue weighted by atomic mass is 16.5. The Morgan fingerprint density at radius 1 is 1.09 bits per heavy atom. The predicted molar refractivity (Wildman–Crippen MR) is 127 cm³/mol. The Labute approximate surface area is 193 Å². The number of ether oxygens (including phenoxy) is 2. The third-order valence-electron chi connectivity index (χ3n) is 6.65. The lowest BCUT2D eigenvalue weighted by Gasteiger charge is -2.37. The molecule has 1 saturated heterocycles. The summed E-state index contributed by atoms with van der Waals surface area (Å²) >= 11 is 0. The largest absolute Gasteiger partial charge is 0.493 e. The third kappa shape index (κ3) is 3.32. The maximum Gasteiger partial charge on any atom is 0.163 e. The normalized spacial score (nSPS) is 18.3. The van der Waals surface area contributed by atoms with Gasteiger partial charge >= 0.3 is 0 Å². The molecular formula is C25H29N6O2. The molecule has 0 saturated carbocycles. The van der Waals surface area contributed by atoms with Gasteiger partial charge in [0.15, 0.2) is 11.5 Å². The van der Waals surface area contributed by atoms with Gasteiger partial charge in [-0.15, -0.1) is 4.80 Å². The lowest BCUT2D eigenvalue weighted by atomic mass is 9.96. The molecule has 1 aliphatic heterocycles. The van der Waals surface area contributed by atoms with E-state index in [4.69, 9.17) is 14.5 Å². The summed E-state index contributed by atoms with van der Waals surface area (Å²) in [6, 6.07) is 11.6. The van der Waals surface area contributed by atoms with Crippen molar-refractivity contribution in [3.8, 4) is 17.2 Å². The number of nitrogens with zero attached hydrogens (tertiary/aromatic N) is 6. The molecule has 0 N–H and O–H groups in total. The van der Waals surface area contributed by atoms with E-state index in [0.717, 1.165) is 59.7 Å². The summed E-state index contributed by atoms with van der Waals surface area (Å²) in [6.45, 7) is 8.25. The first-order chi connectivity index (χ1) is 16.0. The van der Waals surface area contributed by atoms with Crippen molar-refractivity contribution in [1.29, 1.82) is 0 Å². The average molecular weight is 446 g/mol. The van der Waals surface area contributed by atoms with Gasteiger partial charge in [0.25, 0.3) is 0 Å². The highest BCUT2D eigenvalue weighted by Crippen LogP contribution is 2.45. The fourth-order valence-electron chi connectivity index (χ4n) is 5.04. The van der Waals surface area contributed by atoms with Crippen LogP contribution in [0.5, 0.6) is 11.5 Å². The van der Waals surface area contributed by atoms with Gasteiger partial charge < -0.3 is 18.9 Å². The molecule has 2 aromatic heterocycles. The van der Waals surface area contributed by atoms with E-state index in [9.17, 15) is 0 Å². The minimum absolute atomic E-state index is 0.307. The van der Waals surface area contributed by atoms with Gasteiger partial charge in [0.2, 0.25) is 0 Å². The van der Waals surface area contributed by atoms with Gasteiger partial charge in [-0.2, -0.15) is 10.2 Å². The zero-order chi connectivity index (χ0) is 23.2. The summed E-state index contributed by atoms with van der Waals surface area (Å²) in [6.07, 6.45) is 5.44. The second-order valence-corrected chi connectivity index (χ2v) is 8.63. The molecule has 1 atom stereocenters. The maximum absolute atomic E-state index is 5.57. The zero-order valence-electron chi connectivity index (χ0n) is 19.8. The minimum atomic E-state index is -0.307. The second-order valence-electron chi connectivity index (χ2n) is 8.63. The summed E-state index contributed by atoms with van der Waals surface area (Å²) in [4.78, 5) is 9.24. The van der Waals surface area contributed by atoms with Crippen LogP contribution < -0.4 is 14.4 Å². The Kier molecular flexibility index (Phi) is 5.23. The summed E-state index contributed by atoms with van der Waals surface area (Å²) in [7, 11) is 3.32. The van der Waals surface area contributed by atoms with Crippen molar-refractivity contribution in [2.24, 2.45) is 0 Å². The van der Waals surface area contributed by atoms with Crippen LogP contribution in [0, 0.1) is 13.0 Å². The van der Waals surface area contributed by atoms with E-state index in [-0.39, 0.29) is 5.54 Å². The molecule has 1 aliphatic rings. The van der Waals surface area contributed by atoms with Gasteiger partial charge in [0.1, 0.15) is 11.5 Å². The third-order valence-corrected chi connectivity index (χ3v) is 6.65. The molecule has 5 rings (SSSR count). The highest BCUT2D eigenvalue weighted by Gasteiger charge is 2.43. The smallest absolute Gasteiger partial charge is 0.163 e. The van der Waals surface area contributed by atoms with Crippen molar-refractivity contribution in [1.82, 2.24) is 24.5 Å². The predicted octanol–water partition coefficient (Wildman–Crippen LogP) is 4.28. The van der Waals surface area contributed by atoms with Crippen LogP contribution in [0.15, 0.2) is 36.7 Å². The van der Waals surface area contributed by atoms with Crippen molar-refractivity contribution in [2.45, 2.75) is 45.7 Å². The fraction of sp³-hybridized carbons (Fsp3) is 0.400. The number of rotatable bonds is 6. The fourth-order valence-corrected chi connectivity index (χ4v) is 5.04. The topological polar surface area (TPSA) is 70.2 Å². The molecule has 3 heterocycles. The summed E-state index contributed by atoms with van der Waals surface area (Å²) in [5.41, 5.74) is 4.70. The quantitative estimate of drug-likeness (QED) is 0.441. The van der Waals surface area contributed by atoms with E-state index < -0.39 is 0 Å². The number of fused-ring (bicyclic) bond motifs is 1. The van der Waals surface area contributed by atoms with Crippen LogP contribution in [0.25, 0.3) is 16.7 Å². The molecule has 8 nitrogen and oxygen atoms in total. The van der Waals surface area contributed by atoms with E-state index in [1.54, 1.807) is 31.4 Å². The SMILES string of the molecule is CCn1c([C@]2(C)CCCN2c2cc(C)c[c]c2-n2nccn2)nc2cc(OC)c(OC)cc21. The summed E-state index contributed by atoms with van der Waals surface area (Å²) in [5.74, 6) is 2.43. The Morgan fingerprint density at radius 2 is 1.82 bits per heavy atom. The van der Waals surface area contributed by atoms with Gasteiger partial charge in [0.05, 0.1) is 48.9 Å². The van der Waals surface area contributed by atoms with E-state index in [1.165, 1.54) is 0 Å². The number of methoxy groups -OCH3 is 2. The Morgan fingerprint density at radius 3 is 2.52 bits per heavy atom. The van der Waals surface area contributed by atoms with Crippen LogP contribution in [0.4, 0.5) is 5.69 Å². The molecule has 0 bridgehead atoms. The van der Waals surface area contributed by atoms with Crippen molar-refractivity contribution in [3.05, 3.63) is 54.1 Å². The number of aryl methyl sites for hydroxylation is 2. The van der Waals surface area contributed by atoms with Crippen LogP contribution >= 0.6 is 0 Å². The highest BCUT2D eigenvalue weighted by molar-refractivity contribution is 5.81. The first-order valence-corrected chi connectivity index (χ1v) is 11.3. The van der Waals surface area contributed by atoms with Crippen molar-refractivity contribution >= 4 is 16.7 Å². The Balaban J connectivity index is 1.69. The van der Waals surface area contributed by atoms with Crippen LogP contribution in [0.2, 0.25) is 0 Å². The number of aromatic nitrogens is 5. The molecule has 1 radical (unpaired) electrons. The molecule has 0 spiro atoms. The summed E-state index contributed by atoms with van der Waals surface area (Å²) < 4.78 is 13.4. The van der Waals surface area contributed by atoms with Crippen LogP contribution in [-0.4, -0.2) is 45.3 Å². The molecule has 0 aliphatic carbocycles. The number of imidazole rings is 1. The van der Waals surface area contributed by atoms with Crippen LogP contribution in [-0.2, 0) is 12.1 Å². The van der Waals surface area contributed by atoms with E-state index in [1.807, 2.05) is 18.2 Å². The van der Waals surface area contributed by atoms with Crippen LogP contribution in [0.3, 0.4) is 0 Å². The number of hydrogen-bond acceptors (Lipinski definition) is 6. The van der Waals surface area contributed by atoms with E-state index in [2.05, 4.69) is 52.6 Å². The average Bonchev–Trinajstić information content (AvgIpc) is 3.56. The van der Waals surface area contributed by atoms with E-state index >= 15 is 0 Å². The van der Waals surface area contributed by atoms with Gasteiger partial charge in [-0.05, 0) is 51.3 Å². The molecule has 2 aromatic carbocycles.